The maximum Gasteiger partial charge on any atom is 0.339 e. The molecule has 1 aromatic carbocycles. The van der Waals surface area contributed by atoms with E-state index in [9.17, 15) is 14.4 Å². The molecule has 11 nitrogen and oxygen atoms in total. The van der Waals surface area contributed by atoms with Crippen molar-refractivity contribution < 1.29 is 14.0 Å². The molecule has 2 saturated heterocycles. The van der Waals surface area contributed by atoms with Gasteiger partial charge in [0.25, 0.3) is 5.91 Å². The van der Waals surface area contributed by atoms with Gasteiger partial charge in [-0.2, -0.15) is 0 Å². The monoisotopic (exact) mass is 543 g/mol. The van der Waals surface area contributed by atoms with E-state index in [-0.39, 0.29) is 18.9 Å². The Bertz CT molecular complexity index is 1590. The third-order valence-electron chi connectivity index (χ3n) is 8.48. The van der Waals surface area contributed by atoms with Crippen LogP contribution in [0.5, 0.6) is 0 Å². The zero-order valence-corrected chi connectivity index (χ0v) is 23.1. The number of nitrogens with one attached hydrogen (secondary N) is 1. The summed E-state index contributed by atoms with van der Waals surface area (Å²) in [6, 6.07) is 5.48. The molecule has 2 fully saturated rings. The second-order valence-electron chi connectivity index (χ2n) is 10.6. The number of aryl methyl sites for hydroxylation is 1. The Morgan fingerprint density at radius 3 is 2.65 bits per heavy atom. The topological polar surface area (TPSA) is 124 Å². The van der Waals surface area contributed by atoms with Crippen molar-refractivity contribution in [3.63, 3.8) is 0 Å². The van der Waals surface area contributed by atoms with Crippen molar-refractivity contribution in [3.05, 3.63) is 51.6 Å². The quantitative estimate of drug-likeness (QED) is 0.356. The third-order valence-corrected chi connectivity index (χ3v) is 8.48. The van der Waals surface area contributed by atoms with Gasteiger partial charge in [0.1, 0.15) is 16.8 Å². The Morgan fingerprint density at radius 2 is 1.90 bits per heavy atom. The molecule has 1 N–H and O–H groups in total. The van der Waals surface area contributed by atoms with Crippen LogP contribution in [0.3, 0.4) is 0 Å². The molecule has 0 radical (unpaired) electrons. The number of urea groups is 1. The Labute approximate surface area is 231 Å². The molecule has 5 heterocycles. The summed E-state index contributed by atoms with van der Waals surface area (Å²) >= 11 is 0. The molecule has 3 amide bonds. The minimum Gasteiger partial charge on any atom is -0.422 e. The summed E-state index contributed by atoms with van der Waals surface area (Å²) < 4.78 is 5.70. The number of imide groups is 1. The predicted octanol–water partition coefficient (Wildman–Crippen LogP) is 3.13. The fourth-order valence-electron chi connectivity index (χ4n) is 6.03. The molecule has 0 bridgehead atoms. The molecule has 3 aliphatic rings. The van der Waals surface area contributed by atoms with Gasteiger partial charge in [0.15, 0.2) is 0 Å². The van der Waals surface area contributed by atoms with Crippen LogP contribution in [0.1, 0.15) is 43.5 Å². The van der Waals surface area contributed by atoms with Gasteiger partial charge in [-0.1, -0.05) is 0 Å². The van der Waals surface area contributed by atoms with E-state index in [0.717, 1.165) is 41.1 Å². The van der Waals surface area contributed by atoms with Crippen molar-refractivity contribution in [2.24, 2.45) is 4.99 Å². The number of rotatable bonds is 7. The maximum atomic E-state index is 13.5. The van der Waals surface area contributed by atoms with Crippen LogP contribution in [0.2, 0.25) is 0 Å². The fraction of sp³-hybridized carbons (Fsp3) is 0.448. The van der Waals surface area contributed by atoms with Gasteiger partial charge in [-0.15, -0.1) is 0 Å². The van der Waals surface area contributed by atoms with Crippen LogP contribution < -0.4 is 20.7 Å². The van der Waals surface area contributed by atoms with Crippen molar-refractivity contribution in [2.75, 3.05) is 42.5 Å². The highest BCUT2D eigenvalue weighted by molar-refractivity contribution is 6.07. The first-order valence-electron chi connectivity index (χ1n) is 13.9. The van der Waals surface area contributed by atoms with Crippen LogP contribution in [0.25, 0.3) is 11.0 Å². The summed E-state index contributed by atoms with van der Waals surface area (Å²) in [4.78, 5) is 58.2. The molecule has 0 saturated carbocycles. The van der Waals surface area contributed by atoms with E-state index in [4.69, 9.17) is 4.42 Å². The average Bonchev–Trinajstić information content (AvgIpc) is 3.51. The highest BCUT2D eigenvalue weighted by Gasteiger charge is 2.52. The molecule has 6 rings (SSSR count). The minimum absolute atomic E-state index is 0.110. The predicted molar refractivity (Wildman–Crippen MR) is 153 cm³/mol. The summed E-state index contributed by atoms with van der Waals surface area (Å²) in [6.45, 7) is 8.96. The van der Waals surface area contributed by atoms with Crippen LogP contribution in [0.15, 0.2) is 38.6 Å². The van der Waals surface area contributed by atoms with E-state index in [1.54, 1.807) is 6.20 Å². The van der Waals surface area contributed by atoms with E-state index in [0.29, 0.717) is 49.4 Å². The Kier molecular flexibility index (Phi) is 6.52. The van der Waals surface area contributed by atoms with Crippen LogP contribution >= 0.6 is 0 Å². The van der Waals surface area contributed by atoms with E-state index in [1.165, 1.54) is 4.90 Å². The molecule has 3 aromatic rings. The zero-order valence-electron chi connectivity index (χ0n) is 23.1. The SMILES string of the molecule is CCN(CC)c1ccc2c(C)c(CCN3C(=O)NC4(CCN(c5ncc6c(n5)CC=N6)CC4)C3=O)c(=O)oc2c1. The summed E-state index contributed by atoms with van der Waals surface area (Å²) in [5.74, 6) is 0.377. The van der Waals surface area contributed by atoms with Crippen LogP contribution in [-0.4, -0.2) is 71.3 Å². The average molecular weight is 544 g/mol. The Morgan fingerprint density at radius 1 is 1.12 bits per heavy atom. The van der Waals surface area contributed by atoms with E-state index >= 15 is 0 Å². The number of anilines is 2. The number of piperidine rings is 1. The first kappa shape index (κ1) is 26.0. The number of fused-ring (bicyclic) bond motifs is 2. The summed E-state index contributed by atoms with van der Waals surface area (Å²) in [5.41, 5.74) is 3.15. The van der Waals surface area contributed by atoms with Crippen molar-refractivity contribution in [3.8, 4) is 0 Å². The number of hydrogen-bond donors (Lipinski definition) is 1. The third kappa shape index (κ3) is 4.29. The number of aliphatic imine (C=N–C) groups is 1. The molecule has 40 heavy (non-hydrogen) atoms. The second-order valence-corrected chi connectivity index (χ2v) is 10.6. The number of amides is 3. The molecular formula is C29H33N7O4. The molecule has 3 aliphatic heterocycles. The van der Waals surface area contributed by atoms with Gasteiger partial charge in [0.05, 0.1) is 11.9 Å². The summed E-state index contributed by atoms with van der Waals surface area (Å²) in [7, 11) is 0. The number of aromatic nitrogens is 2. The molecule has 11 heteroatoms. The number of nitrogens with zero attached hydrogens (tertiary/aromatic N) is 6. The molecule has 0 atom stereocenters. The van der Waals surface area contributed by atoms with Gasteiger partial charge >= 0.3 is 11.7 Å². The largest absolute Gasteiger partial charge is 0.422 e. The van der Waals surface area contributed by atoms with Crippen molar-refractivity contribution in [1.29, 1.82) is 0 Å². The van der Waals surface area contributed by atoms with Crippen molar-refractivity contribution in [1.82, 2.24) is 20.2 Å². The first-order valence-corrected chi connectivity index (χ1v) is 13.9. The van der Waals surface area contributed by atoms with Crippen molar-refractivity contribution in [2.45, 2.75) is 52.0 Å². The molecule has 2 aromatic heterocycles. The number of hydrogen-bond acceptors (Lipinski definition) is 9. The van der Waals surface area contributed by atoms with E-state index < -0.39 is 17.2 Å². The number of benzene rings is 1. The van der Waals surface area contributed by atoms with Crippen LogP contribution in [-0.2, 0) is 17.6 Å². The Hall–Kier alpha value is -4.28. The lowest BCUT2D eigenvalue weighted by molar-refractivity contribution is -0.132. The highest BCUT2D eigenvalue weighted by Crippen LogP contribution is 2.32. The molecule has 0 unspecified atom stereocenters. The number of carbonyl (C=O) groups excluding carboxylic acids is 2. The lowest BCUT2D eigenvalue weighted by atomic mass is 9.87. The van der Waals surface area contributed by atoms with Gasteiger partial charge < -0.3 is 19.5 Å². The highest BCUT2D eigenvalue weighted by atomic mass is 16.4. The number of carbonyl (C=O) groups is 2. The molecule has 1 spiro atoms. The van der Waals surface area contributed by atoms with Gasteiger partial charge in [-0.3, -0.25) is 14.7 Å². The van der Waals surface area contributed by atoms with Gasteiger partial charge in [-0.25, -0.2) is 19.6 Å². The standard InChI is InChI=1S/C29H33N7O4/c1-4-34(5-2)19-6-7-20-18(3)21(25(37)40-24(20)16-19)9-13-36-26(38)29(33-28(36)39)10-14-35(15-11-29)27-31-17-23-22(32-27)8-12-30-23/h6-7,12,16-17H,4-5,8-11,13-15H2,1-3H3,(H,33,39). The van der Waals surface area contributed by atoms with E-state index in [1.807, 2.05) is 36.2 Å². The maximum absolute atomic E-state index is 13.5. The smallest absolute Gasteiger partial charge is 0.339 e. The second kappa shape index (κ2) is 10.0. The summed E-state index contributed by atoms with van der Waals surface area (Å²) in [5, 5.41) is 3.80. The van der Waals surface area contributed by atoms with Gasteiger partial charge in [0.2, 0.25) is 5.95 Å². The first-order chi connectivity index (χ1) is 19.3. The van der Waals surface area contributed by atoms with E-state index in [2.05, 4.69) is 39.0 Å². The zero-order chi connectivity index (χ0) is 28.0. The fourth-order valence-corrected chi connectivity index (χ4v) is 6.03. The van der Waals surface area contributed by atoms with Gasteiger partial charge in [0, 0.05) is 68.1 Å². The van der Waals surface area contributed by atoms with Crippen molar-refractivity contribution >= 4 is 46.4 Å². The lowest BCUT2D eigenvalue weighted by Crippen LogP contribution is -2.55. The summed E-state index contributed by atoms with van der Waals surface area (Å²) in [6.07, 6.45) is 5.38. The molecule has 0 aliphatic carbocycles. The lowest BCUT2D eigenvalue weighted by Gasteiger charge is -2.37. The van der Waals surface area contributed by atoms with Gasteiger partial charge in [-0.05, 0) is 57.7 Å². The van der Waals surface area contributed by atoms with Crippen LogP contribution in [0, 0.1) is 6.92 Å². The minimum atomic E-state index is -0.947. The molecular weight excluding hydrogens is 510 g/mol. The Balaban J connectivity index is 1.15. The van der Waals surface area contributed by atoms with Crippen LogP contribution in [0.4, 0.5) is 22.1 Å². The normalized spacial score (nSPS) is 17.7. The molecule has 208 valence electrons.